The van der Waals surface area contributed by atoms with E-state index in [2.05, 4.69) is 4.99 Å². The number of hydrogen-bond donors (Lipinski definition) is 4. The molecule has 0 saturated carbocycles. The number of carbonyl (C=O) groups is 1. The molecular weight excluding hydrogens is 178 g/mol. The molecule has 0 unspecified atom stereocenters. The first kappa shape index (κ1) is 9.30. The van der Waals surface area contributed by atoms with Gasteiger partial charge in [0.1, 0.15) is 11.4 Å². The van der Waals surface area contributed by atoms with E-state index in [1.165, 1.54) is 18.2 Å². The van der Waals surface area contributed by atoms with Gasteiger partial charge in [-0.2, -0.15) is 0 Å². The minimum Gasteiger partial charge on any atom is -0.506 e. The summed E-state index contributed by atoms with van der Waals surface area (Å²) in [6.45, 7) is 0. The lowest BCUT2D eigenvalue weighted by Crippen LogP contribution is -2.05. The van der Waals surface area contributed by atoms with Gasteiger partial charge in [-0.3, -0.25) is 0 Å². The minimum absolute atomic E-state index is 0.197. The summed E-state index contributed by atoms with van der Waals surface area (Å²) in [6.07, 6.45) is 0. The molecule has 0 radical (unpaired) electrons. The van der Waals surface area contributed by atoms with Crippen LogP contribution in [-0.2, 0) is 4.99 Å². The van der Waals surface area contributed by atoms with Crippen LogP contribution in [0.15, 0.2) is 18.2 Å². The number of anilines is 1. The molecule has 0 heterocycles. The van der Waals surface area contributed by atoms with E-state index in [0.717, 1.165) is 0 Å². The van der Waals surface area contributed by atoms with Crippen LogP contribution in [0.4, 0.5) is 5.69 Å². The van der Waals surface area contributed by atoms with Gasteiger partial charge in [-0.25, -0.2) is 15.5 Å². The number of nitrogens with one attached hydrogen (secondary N) is 1. The number of carboxylic acid groups (broad SMARTS) is 1. The highest BCUT2D eigenvalue weighted by Gasteiger charge is 2.13. The number of aromatic carboxylic acids is 1. The highest BCUT2D eigenvalue weighted by Crippen LogP contribution is 2.26. The van der Waals surface area contributed by atoms with Crippen LogP contribution < -0.4 is 5.48 Å². The lowest BCUT2D eigenvalue weighted by Gasteiger charge is -2.06. The summed E-state index contributed by atoms with van der Waals surface area (Å²) in [5.74, 6) is -1.57. The van der Waals surface area contributed by atoms with E-state index in [0.29, 0.717) is 0 Å². The van der Waals surface area contributed by atoms with Crippen LogP contribution in [-0.4, -0.2) is 21.4 Å². The van der Waals surface area contributed by atoms with Crippen LogP contribution >= 0.6 is 0 Å². The van der Waals surface area contributed by atoms with E-state index in [1.54, 1.807) is 0 Å². The maximum absolute atomic E-state index is 10.6. The van der Waals surface area contributed by atoms with Crippen molar-refractivity contribution in [2.24, 2.45) is 0 Å². The van der Waals surface area contributed by atoms with Crippen molar-refractivity contribution in [3.05, 3.63) is 23.8 Å². The average Bonchev–Trinajstić information content (AvgIpc) is 2.08. The lowest BCUT2D eigenvalue weighted by molar-refractivity contribution is -0.215. The smallest absolute Gasteiger partial charge is 0.338 e. The Labute approximate surface area is 72.9 Å². The van der Waals surface area contributed by atoms with Gasteiger partial charge in [0.15, 0.2) is 0 Å². The van der Waals surface area contributed by atoms with Crippen LogP contribution in [0.3, 0.4) is 0 Å². The van der Waals surface area contributed by atoms with E-state index in [-0.39, 0.29) is 17.0 Å². The second kappa shape index (κ2) is 3.74. The molecule has 13 heavy (non-hydrogen) atoms. The zero-order valence-electron chi connectivity index (χ0n) is 6.39. The molecule has 0 aromatic heterocycles. The van der Waals surface area contributed by atoms with Crippen LogP contribution in [0, 0.1) is 0 Å². The van der Waals surface area contributed by atoms with Gasteiger partial charge in [-0.05, 0) is 12.1 Å². The molecule has 1 aromatic carbocycles. The van der Waals surface area contributed by atoms with Gasteiger partial charge in [0, 0.05) is 0 Å². The number of rotatable bonds is 3. The van der Waals surface area contributed by atoms with Crippen molar-refractivity contribution >= 4 is 11.7 Å². The molecule has 0 aliphatic carbocycles. The van der Waals surface area contributed by atoms with E-state index in [1.807, 2.05) is 5.48 Å². The van der Waals surface area contributed by atoms with Crippen molar-refractivity contribution in [3.63, 3.8) is 0 Å². The summed E-state index contributed by atoms with van der Waals surface area (Å²) in [5, 5.41) is 25.8. The first-order valence-electron chi connectivity index (χ1n) is 3.28. The Morgan fingerprint density at radius 3 is 2.69 bits per heavy atom. The molecule has 0 fully saturated rings. The van der Waals surface area contributed by atoms with Gasteiger partial charge in [0.05, 0.1) is 5.56 Å². The molecule has 70 valence electrons. The Bertz CT molecular complexity index is 325. The van der Waals surface area contributed by atoms with E-state index < -0.39 is 5.97 Å². The first-order chi connectivity index (χ1) is 6.16. The Kier molecular flexibility index (Phi) is 2.68. The summed E-state index contributed by atoms with van der Waals surface area (Å²) >= 11 is 0. The second-order valence-corrected chi connectivity index (χ2v) is 2.20. The van der Waals surface area contributed by atoms with Gasteiger partial charge in [-0.1, -0.05) is 6.07 Å². The molecule has 4 N–H and O–H groups in total. The minimum atomic E-state index is -1.24. The molecule has 0 aliphatic heterocycles. The Hall–Kier alpha value is -1.79. The molecule has 6 heteroatoms. The standard InChI is InChI=1S/C7H7NO5/c9-5-3-1-2-4(7(10)11)6(5)8-13-12/h1-3,8-9,12H,(H,10,11). The van der Waals surface area contributed by atoms with Gasteiger partial charge < -0.3 is 10.2 Å². The molecule has 0 saturated heterocycles. The quantitative estimate of drug-likeness (QED) is 0.317. The van der Waals surface area contributed by atoms with Gasteiger partial charge in [0.25, 0.3) is 0 Å². The summed E-state index contributed by atoms with van der Waals surface area (Å²) in [4.78, 5) is 14.1. The maximum Gasteiger partial charge on any atom is 0.338 e. The molecule has 1 aromatic rings. The summed E-state index contributed by atoms with van der Waals surface area (Å²) in [6, 6.07) is 3.87. The van der Waals surface area contributed by atoms with Crippen molar-refractivity contribution in [1.82, 2.24) is 0 Å². The molecule has 0 bridgehead atoms. The topological polar surface area (TPSA) is 99.0 Å². The SMILES string of the molecule is O=C(O)c1cccc(O)c1NOO. The van der Waals surface area contributed by atoms with Crippen molar-refractivity contribution in [2.75, 3.05) is 5.48 Å². The largest absolute Gasteiger partial charge is 0.506 e. The van der Waals surface area contributed by atoms with Crippen LogP contribution in [0.5, 0.6) is 5.75 Å². The van der Waals surface area contributed by atoms with Crippen molar-refractivity contribution < 1.29 is 25.3 Å². The molecular formula is C7H7NO5. The van der Waals surface area contributed by atoms with Gasteiger partial charge in [-0.15, -0.1) is 4.99 Å². The zero-order valence-corrected chi connectivity index (χ0v) is 6.39. The summed E-state index contributed by atoms with van der Waals surface area (Å²) in [5.41, 5.74) is 1.45. The van der Waals surface area contributed by atoms with Gasteiger partial charge in [0.2, 0.25) is 0 Å². The Morgan fingerprint density at radius 2 is 2.15 bits per heavy atom. The second-order valence-electron chi connectivity index (χ2n) is 2.20. The predicted octanol–water partition coefficient (Wildman–Crippen LogP) is 0.907. The Morgan fingerprint density at radius 1 is 1.46 bits per heavy atom. The Balaban J connectivity index is 3.17. The average molecular weight is 185 g/mol. The van der Waals surface area contributed by atoms with E-state index >= 15 is 0 Å². The van der Waals surface area contributed by atoms with Gasteiger partial charge >= 0.3 is 5.97 Å². The van der Waals surface area contributed by atoms with E-state index in [9.17, 15) is 4.79 Å². The fourth-order valence-electron chi connectivity index (χ4n) is 0.871. The van der Waals surface area contributed by atoms with E-state index in [4.69, 9.17) is 15.5 Å². The third kappa shape index (κ3) is 1.86. The van der Waals surface area contributed by atoms with Crippen molar-refractivity contribution in [3.8, 4) is 5.75 Å². The van der Waals surface area contributed by atoms with Crippen molar-refractivity contribution in [1.29, 1.82) is 0 Å². The fourth-order valence-corrected chi connectivity index (χ4v) is 0.871. The third-order valence-electron chi connectivity index (χ3n) is 1.42. The number of hydrogen-bond acceptors (Lipinski definition) is 5. The van der Waals surface area contributed by atoms with Crippen molar-refractivity contribution in [2.45, 2.75) is 0 Å². The number of benzene rings is 1. The van der Waals surface area contributed by atoms with Crippen LogP contribution in [0.25, 0.3) is 0 Å². The highest BCUT2D eigenvalue weighted by atomic mass is 17.2. The predicted molar refractivity (Wildman–Crippen MR) is 42.4 cm³/mol. The molecule has 0 spiro atoms. The molecule has 0 amide bonds. The summed E-state index contributed by atoms with van der Waals surface area (Å²) < 4.78 is 0. The number of phenols is 1. The molecule has 0 atom stereocenters. The third-order valence-corrected chi connectivity index (χ3v) is 1.42. The van der Waals surface area contributed by atoms with Crippen LogP contribution in [0.2, 0.25) is 0 Å². The maximum atomic E-state index is 10.6. The number of carboxylic acids is 1. The normalized spacial score (nSPS) is 9.62. The highest BCUT2D eigenvalue weighted by molar-refractivity contribution is 5.95. The monoisotopic (exact) mass is 185 g/mol. The molecule has 0 aliphatic rings. The molecule has 6 nitrogen and oxygen atoms in total. The summed E-state index contributed by atoms with van der Waals surface area (Å²) in [7, 11) is 0. The number of para-hydroxylation sites is 1. The number of aromatic hydroxyl groups is 1. The number of phenolic OH excluding ortho intramolecular Hbond substituents is 1. The molecule has 1 rings (SSSR count). The fraction of sp³-hybridized carbons (Fsp3) is 0. The van der Waals surface area contributed by atoms with Crippen LogP contribution in [0.1, 0.15) is 10.4 Å². The lowest BCUT2D eigenvalue weighted by atomic mass is 10.1. The zero-order chi connectivity index (χ0) is 9.84. The first-order valence-corrected chi connectivity index (χ1v) is 3.28.